The van der Waals surface area contributed by atoms with Gasteiger partial charge in [0.1, 0.15) is 61.9 Å². The molecule has 8 amide bonds. The number of carboxylic acids is 2. The van der Waals surface area contributed by atoms with Crippen LogP contribution in [0.2, 0.25) is 0 Å². The Morgan fingerprint density at radius 3 is 1.70 bits per heavy atom. The van der Waals surface area contributed by atoms with Crippen molar-refractivity contribution in [3.05, 3.63) is 0 Å². The first-order chi connectivity index (χ1) is 40.3. The van der Waals surface area contributed by atoms with Gasteiger partial charge in [-0.1, -0.05) is 18.7 Å². The summed E-state index contributed by atoms with van der Waals surface area (Å²) in [6.45, 7) is 4.67. The van der Waals surface area contributed by atoms with Gasteiger partial charge in [0, 0.05) is 52.1 Å². The molecule has 11 atom stereocenters. The Balaban J connectivity index is 2.22. The number of nitrogens with zero attached hydrogens (tertiary/aromatic N) is 3. The number of carbonyl (C=O) groups is 13. The van der Waals surface area contributed by atoms with Crippen LogP contribution in [-0.4, -0.2) is 270 Å². The highest BCUT2D eigenvalue weighted by Gasteiger charge is 2.52. The third-order valence-corrected chi connectivity index (χ3v) is 12.4. The molecule has 0 saturated carbocycles. The summed E-state index contributed by atoms with van der Waals surface area (Å²) in [6, 6.07) is -12.0. The summed E-state index contributed by atoms with van der Waals surface area (Å²) in [6.07, 6.45) is -6.97. The number of nitrogens with two attached hydrogens (primary N) is 1. The highest BCUT2D eigenvalue weighted by Crippen LogP contribution is 2.19. The molecule has 38 heteroatoms. The van der Waals surface area contributed by atoms with E-state index in [9.17, 15) is 82.8 Å². The van der Waals surface area contributed by atoms with Gasteiger partial charge in [0.25, 0.3) is 0 Å². The Labute approximate surface area is 493 Å². The van der Waals surface area contributed by atoms with Crippen molar-refractivity contribution < 1.29 is 112 Å². The summed E-state index contributed by atoms with van der Waals surface area (Å²) >= 11 is 0. The molecule has 0 aromatic heterocycles. The summed E-state index contributed by atoms with van der Waals surface area (Å²) in [5, 5.41) is 81.3. The Hall–Kier alpha value is -7.98. The van der Waals surface area contributed by atoms with Crippen LogP contribution in [0.25, 0.3) is 0 Å². The van der Waals surface area contributed by atoms with E-state index in [1.54, 1.807) is 23.9 Å². The molecule has 1 spiro atoms. The van der Waals surface area contributed by atoms with Gasteiger partial charge >= 0.3 is 35.0 Å². The highest BCUT2D eigenvalue weighted by molar-refractivity contribution is 5.98. The summed E-state index contributed by atoms with van der Waals surface area (Å²) in [5.41, 5.74) is 5.38. The number of hydrogen-bond donors (Lipinski definition) is 18. The van der Waals surface area contributed by atoms with E-state index in [0.29, 0.717) is 13.1 Å². The minimum Gasteiger partial charge on any atom is -0.481 e. The third kappa shape index (κ3) is 27.4. The number of nitrogens with one attached hydrogen (secondary N) is 12. The van der Waals surface area contributed by atoms with Gasteiger partial charge in [0.05, 0.1) is 31.8 Å². The van der Waals surface area contributed by atoms with Crippen LogP contribution >= 0.6 is 0 Å². The molecule has 86 heavy (non-hydrogen) atoms. The Morgan fingerprint density at radius 2 is 1.15 bits per heavy atom. The molecule has 0 aliphatic carbocycles. The lowest BCUT2D eigenvalue weighted by atomic mass is 10.0. The van der Waals surface area contributed by atoms with Crippen LogP contribution in [0.3, 0.4) is 0 Å². The molecular formula is C48H83N16O22+. The summed E-state index contributed by atoms with van der Waals surface area (Å²) < 4.78 is 0. The van der Waals surface area contributed by atoms with Crippen molar-refractivity contribution >= 4 is 83.1 Å². The number of aliphatic hydroxyl groups excluding tert-OH is 3. The standard InChI is InChI=1S/C48H82N16O22/c1-24(2)38(44(78)56-29(9-8-12-53-48(49)50)42(76)61-40(27(5)67)45(79)58-31(23-65)43(77)55-25(3)41(75)57-30(47(81)82)17-34(70)71)60-46(80)39(26(4)66)59-33(69)11-10-32(68)54-19-28-18-51-13-15-62(6)21-36(73)85-64(83-28)84-35(72)20-52-14-16-63(7)22-37(74)86-64/h24-31,38-40,51-52,65-67H,8-23H2,1-7H3,(H13-,49,50,53,54,55,56,57,58,59,60,61,68,69,70,71,75,76,77,78,79,80,81,82)/p+1. The van der Waals surface area contributed by atoms with E-state index in [4.69, 9.17) is 35.6 Å². The topological polar surface area (TPSA) is 549 Å². The molecule has 2 aliphatic rings. The number of carboxylic acid groups (broad SMARTS) is 2. The molecule has 2 heterocycles. The zero-order valence-electron chi connectivity index (χ0n) is 48.8. The Bertz CT molecular complexity index is 2390. The number of aliphatic hydroxyl groups is 3. The van der Waals surface area contributed by atoms with Crippen LogP contribution in [0, 0.1) is 11.3 Å². The van der Waals surface area contributed by atoms with Crippen molar-refractivity contribution in [2.75, 3.05) is 86.1 Å². The predicted molar refractivity (Wildman–Crippen MR) is 290 cm³/mol. The van der Waals surface area contributed by atoms with Gasteiger partial charge in [-0.3, -0.25) is 58.4 Å². The maximum absolute atomic E-state index is 14.0. The minimum absolute atomic E-state index is 0.0175. The van der Waals surface area contributed by atoms with Crippen LogP contribution in [0.4, 0.5) is 0 Å². The van der Waals surface area contributed by atoms with Gasteiger partial charge < -0.3 is 89.8 Å². The first kappa shape index (κ1) is 74.1. The average molecular weight is 1240 g/mol. The van der Waals surface area contributed by atoms with Gasteiger partial charge in [-0.2, -0.15) is 0 Å². The number of hydrogen-bond acceptors (Lipinski definition) is 25. The molecule has 0 aromatic rings. The van der Waals surface area contributed by atoms with Gasteiger partial charge in [-0.15, -0.1) is 14.5 Å². The van der Waals surface area contributed by atoms with Crippen LogP contribution in [0.1, 0.15) is 66.7 Å². The number of likely N-dealkylation sites (N-methyl/N-ethyl adjacent to an activating group) is 2. The second kappa shape index (κ2) is 36.8. The van der Waals surface area contributed by atoms with E-state index >= 15 is 0 Å². The average Bonchev–Trinajstić information content (AvgIpc) is 2.67. The molecule has 0 aromatic carbocycles. The molecule has 486 valence electrons. The molecule has 2 rings (SSSR count). The first-order valence-corrected chi connectivity index (χ1v) is 27.2. The van der Waals surface area contributed by atoms with Crippen molar-refractivity contribution in [3.8, 4) is 0 Å². The van der Waals surface area contributed by atoms with Crippen molar-refractivity contribution in [1.82, 2.24) is 68.3 Å². The number of guanidine groups is 1. The van der Waals surface area contributed by atoms with Crippen LogP contribution in [0.5, 0.6) is 0 Å². The molecule has 0 bridgehead atoms. The van der Waals surface area contributed by atoms with E-state index in [2.05, 4.69) is 53.2 Å². The number of amides is 8. The molecule has 0 radical (unpaired) electrons. The summed E-state index contributed by atoms with van der Waals surface area (Å²) in [5.74, 6) is -16.1. The fourth-order valence-corrected chi connectivity index (χ4v) is 7.70. The van der Waals surface area contributed by atoms with Crippen LogP contribution < -0.4 is 64.2 Å². The summed E-state index contributed by atoms with van der Waals surface area (Å²) in [7, 11) is 3.19. The fourth-order valence-electron chi connectivity index (χ4n) is 7.70. The normalized spacial score (nSPS) is 20.6. The monoisotopic (exact) mass is 1240 g/mol. The molecule has 19 N–H and O–H groups in total. The molecular weight excluding hydrogens is 1150 g/mol. The smallest absolute Gasteiger partial charge is 0.396 e. The fraction of sp³-hybridized carbons (Fsp3) is 0.708. The van der Waals surface area contributed by atoms with Crippen molar-refractivity contribution in [2.24, 2.45) is 11.7 Å². The van der Waals surface area contributed by atoms with Crippen LogP contribution in [0.15, 0.2) is 0 Å². The molecule has 2 aliphatic heterocycles. The quantitative estimate of drug-likeness (QED) is 0.0143. The Morgan fingerprint density at radius 1 is 0.651 bits per heavy atom. The lowest BCUT2D eigenvalue weighted by Crippen LogP contribution is -2.62. The van der Waals surface area contributed by atoms with Crippen LogP contribution in [-0.2, 0) is 81.7 Å². The van der Waals surface area contributed by atoms with E-state index in [-0.39, 0.29) is 52.1 Å². The molecule has 2 fully saturated rings. The summed E-state index contributed by atoms with van der Waals surface area (Å²) in [4.78, 5) is 194. The minimum atomic E-state index is -2.14. The first-order valence-electron chi connectivity index (χ1n) is 27.2. The van der Waals surface area contributed by atoms with E-state index < -0.39 is 194 Å². The second-order valence-corrected chi connectivity index (χ2v) is 20.5. The number of rotatable bonds is 29. The second-order valence-electron chi connectivity index (χ2n) is 20.5. The van der Waals surface area contributed by atoms with Crippen molar-refractivity contribution in [2.45, 2.75) is 127 Å². The van der Waals surface area contributed by atoms with E-state index in [1.165, 1.54) is 13.8 Å². The predicted octanol–water partition coefficient (Wildman–Crippen LogP) is -9.91. The third-order valence-electron chi connectivity index (χ3n) is 12.4. The molecule has 2 saturated heterocycles. The SMILES string of the molecule is CC(NC(=O)C(CO)NC(=O)C(NC(=O)C(CCCNC(=N)N)NC(=O)C(NC(=O)C(NC(=O)CCC(=O)NCC1CNCCN(C)CC(=O)O[N+]2(OC(=O)CNCCN(C)CC(=O)O2)O1)C(C)O)C(C)C)C(C)O)C(=O)NC(CC(=O)O)C(=O)O. The molecule has 38 nitrogen and oxygen atoms in total. The number of carbonyl (C=O) groups excluding carboxylic acids is 11. The van der Waals surface area contributed by atoms with Crippen molar-refractivity contribution in [3.63, 3.8) is 0 Å². The van der Waals surface area contributed by atoms with E-state index in [0.717, 1.165) is 20.8 Å². The van der Waals surface area contributed by atoms with Gasteiger partial charge in [-0.25, -0.2) is 19.2 Å². The van der Waals surface area contributed by atoms with Gasteiger partial charge in [0.2, 0.25) is 47.3 Å². The largest absolute Gasteiger partial charge is 0.481 e. The Kier molecular flexibility index (Phi) is 31.7. The number of quaternary nitrogens is 1. The van der Waals surface area contributed by atoms with E-state index in [1.807, 2.05) is 5.32 Å². The zero-order valence-corrected chi connectivity index (χ0v) is 48.8. The number of aliphatic carboxylic acids is 2. The van der Waals surface area contributed by atoms with Gasteiger partial charge in [0.15, 0.2) is 12.1 Å². The van der Waals surface area contributed by atoms with Gasteiger partial charge in [-0.05, 0) is 53.6 Å². The maximum Gasteiger partial charge on any atom is 0.396 e. The van der Waals surface area contributed by atoms with Crippen molar-refractivity contribution in [1.29, 1.82) is 5.41 Å². The highest BCUT2D eigenvalue weighted by atomic mass is 17.4. The zero-order chi connectivity index (χ0) is 65.0. The lowest BCUT2D eigenvalue weighted by molar-refractivity contribution is -1.45. The molecule has 11 unspecified atom stereocenters. The lowest BCUT2D eigenvalue weighted by Gasteiger charge is -2.29. The maximum atomic E-state index is 14.0.